The minimum atomic E-state index is 0.689. The zero-order valence-corrected chi connectivity index (χ0v) is 29.8. The van der Waals surface area contributed by atoms with Gasteiger partial charge in [-0.05, 0) is 203 Å². The third-order valence-electron chi connectivity index (χ3n) is 17.7. The Morgan fingerprint density at radius 1 is 0.548 bits per heavy atom. The van der Waals surface area contributed by atoms with E-state index in [-0.39, 0.29) is 0 Å². The second-order valence-electron chi connectivity index (χ2n) is 19.0. The van der Waals surface area contributed by atoms with E-state index in [1.165, 1.54) is 32.1 Å². The molecular weight excluding hydrogens is 504 g/mol. The van der Waals surface area contributed by atoms with Crippen LogP contribution in [0.1, 0.15) is 165 Å². The van der Waals surface area contributed by atoms with Gasteiger partial charge in [0.2, 0.25) is 0 Å². The number of rotatable bonds is 14. The predicted molar refractivity (Wildman–Crippen MR) is 182 cm³/mol. The lowest BCUT2D eigenvalue weighted by molar-refractivity contribution is -0.0732. The fraction of sp³-hybridized carbons (Fsp3) is 1.00. The molecule has 6 aliphatic carbocycles. The van der Waals surface area contributed by atoms with Crippen molar-refractivity contribution in [1.29, 1.82) is 0 Å². The zero-order valence-electron chi connectivity index (χ0n) is 29.8. The van der Waals surface area contributed by atoms with Gasteiger partial charge in [-0.15, -0.1) is 0 Å². The highest BCUT2D eigenvalue weighted by Gasteiger charge is 2.52. The monoisotopic (exact) mass is 579 g/mol. The summed E-state index contributed by atoms with van der Waals surface area (Å²) in [7, 11) is 0. The SMILES string of the molecule is CCC(C)C1(CCC2CC(CCC3CC(C)C3C)C2C)CCC2C(CCC3CC(CCC4CC(C)C4C)C3C)CC2C1. The molecule has 0 spiro atoms. The van der Waals surface area contributed by atoms with Crippen molar-refractivity contribution in [2.75, 3.05) is 0 Å². The topological polar surface area (TPSA) is 0 Å². The Morgan fingerprint density at radius 3 is 1.40 bits per heavy atom. The molecule has 0 aromatic carbocycles. The van der Waals surface area contributed by atoms with Gasteiger partial charge in [0.15, 0.2) is 0 Å². The van der Waals surface area contributed by atoms with Crippen molar-refractivity contribution in [2.24, 2.45) is 100 Å². The molecule has 242 valence electrons. The average Bonchev–Trinajstić information content (AvgIpc) is 2.98. The van der Waals surface area contributed by atoms with E-state index >= 15 is 0 Å². The molecule has 0 nitrogen and oxygen atoms in total. The highest BCUT2D eigenvalue weighted by Crippen LogP contribution is 2.62. The molecule has 6 saturated carbocycles. The van der Waals surface area contributed by atoms with Crippen LogP contribution in [0.5, 0.6) is 0 Å². The maximum absolute atomic E-state index is 2.64. The third-order valence-corrected chi connectivity index (χ3v) is 17.7. The molecule has 0 aliphatic heterocycles. The second kappa shape index (κ2) is 13.0. The molecular formula is C42H74. The molecule has 0 radical (unpaired) electrons. The van der Waals surface area contributed by atoms with Crippen molar-refractivity contribution in [3.63, 3.8) is 0 Å². The summed E-state index contributed by atoms with van der Waals surface area (Å²) in [6.45, 7) is 20.4. The van der Waals surface area contributed by atoms with E-state index in [2.05, 4.69) is 55.4 Å². The molecule has 42 heavy (non-hydrogen) atoms. The normalized spacial score (nSPS) is 52.1. The van der Waals surface area contributed by atoms with Crippen molar-refractivity contribution in [2.45, 2.75) is 165 Å². The van der Waals surface area contributed by atoms with Crippen LogP contribution >= 0.6 is 0 Å². The quantitative estimate of drug-likeness (QED) is 0.192. The average molecular weight is 579 g/mol. The first-order chi connectivity index (χ1) is 20.1. The van der Waals surface area contributed by atoms with Crippen molar-refractivity contribution in [3.8, 4) is 0 Å². The van der Waals surface area contributed by atoms with E-state index in [0.717, 1.165) is 94.7 Å². The molecule has 0 heterocycles. The zero-order chi connectivity index (χ0) is 29.8. The third kappa shape index (κ3) is 6.08. The standard InChI is InChI=1S/C42H74/c1-9-28(4)42(18-16-38-23-36(32(38)8)13-11-34-21-27(3)30(34)6)19-17-41-39(24-40(41)25-42)15-14-37-22-35(31(37)7)12-10-33-20-26(2)29(33)5/h26-41H,9-25H2,1-8H3. The van der Waals surface area contributed by atoms with E-state index in [1.807, 2.05) is 0 Å². The van der Waals surface area contributed by atoms with Crippen molar-refractivity contribution >= 4 is 0 Å². The van der Waals surface area contributed by atoms with Gasteiger partial charge in [0.25, 0.3) is 0 Å². The lowest BCUT2D eigenvalue weighted by Crippen LogP contribution is -2.48. The molecule has 0 aromatic heterocycles. The minimum Gasteiger partial charge on any atom is -0.0651 e. The number of hydrogen-bond donors (Lipinski definition) is 0. The number of fused-ring (bicyclic) bond motifs is 1. The molecule has 0 heteroatoms. The minimum absolute atomic E-state index is 0.689. The lowest BCUT2D eigenvalue weighted by atomic mass is 9.48. The van der Waals surface area contributed by atoms with Crippen LogP contribution in [0.2, 0.25) is 0 Å². The highest BCUT2D eigenvalue weighted by atomic mass is 14.6. The summed E-state index contributed by atoms with van der Waals surface area (Å²) in [5.41, 5.74) is 0.689. The van der Waals surface area contributed by atoms with Gasteiger partial charge in [-0.2, -0.15) is 0 Å². The lowest BCUT2D eigenvalue weighted by Gasteiger charge is -2.57. The van der Waals surface area contributed by atoms with Gasteiger partial charge in [0.05, 0.1) is 0 Å². The fourth-order valence-electron chi connectivity index (χ4n) is 12.8. The van der Waals surface area contributed by atoms with Crippen LogP contribution in [0.15, 0.2) is 0 Å². The Bertz CT molecular complexity index is 873. The molecule has 0 saturated heterocycles. The van der Waals surface area contributed by atoms with Gasteiger partial charge in [0.1, 0.15) is 0 Å². The van der Waals surface area contributed by atoms with Gasteiger partial charge in [-0.3, -0.25) is 0 Å². The maximum atomic E-state index is 2.64. The molecule has 17 atom stereocenters. The molecule has 6 aliphatic rings. The maximum Gasteiger partial charge on any atom is -0.0269 e. The molecule has 0 aromatic rings. The summed E-state index contributed by atoms with van der Waals surface area (Å²) in [6.07, 6.45) is 26.4. The molecule has 0 bridgehead atoms. The van der Waals surface area contributed by atoms with Crippen LogP contribution in [0.3, 0.4) is 0 Å². The first kappa shape index (κ1) is 32.0. The summed E-state index contributed by atoms with van der Waals surface area (Å²) in [6, 6.07) is 0. The summed E-state index contributed by atoms with van der Waals surface area (Å²) < 4.78 is 0. The molecule has 6 fully saturated rings. The van der Waals surface area contributed by atoms with Gasteiger partial charge >= 0.3 is 0 Å². The van der Waals surface area contributed by atoms with Crippen LogP contribution in [-0.4, -0.2) is 0 Å². The van der Waals surface area contributed by atoms with Crippen LogP contribution in [-0.2, 0) is 0 Å². The van der Waals surface area contributed by atoms with Gasteiger partial charge in [-0.1, -0.05) is 61.8 Å². The molecule has 6 rings (SSSR count). The van der Waals surface area contributed by atoms with E-state index in [1.54, 1.807) is 77.0 Å². The fourth-order valence-corrected chi connectivity index (χ4v) is 12.8. The smallest absolute Gasteiger partial charge is 0.0269 e. The predicted octanol–water partition coefficient (Wildman–Crippen LogP) is 12.7. The van der Waals surface area contributed by atoms with Gasteiger partial charge in [-0.25, -0.2) is 0 Å². The summed E-state index contributed by atoms with van der Waals surface area (Å²) in [4.78, 5) is 0. The van der Waals surface area contributed by atoms with Crippen molar-refractivity contribution in [3.05, 3.63) is 0 Å². The van der Waals surface area contributed by atoms with Crippen LogP contribution in [0, 0.1) is 100 Å². The van der Waals surface area contributed by atoms with Crippen molar-refractivity contribution < 1.29 is 0 Å². The Labute approximate surface area is 264 Å². The summed E-state index contributed by atoms with van der Waals surface area (Å²) in [5.74, 6) is 16.7. The molecule has 17 unspecified atom stereocenters. The van der Waals surface area contributed by atoms with E-state index < -0.39 is 0 Å². The van der Waals surface area contributed by atoms with Crippen LogP contribution < -0.4 is 0 Å². The van der Waals surface area contributed by atoms with Crippen LogP contribution in [0.4, 0.5) is 0 Å². The largest absolute Gasteiger partial charge is 0.0651 e. The van der Waals surface area contributed by atoms with Gasteiger partial charge < -0.3 is 0 Å². The second-order valence-corrected chi connectivity index (χ2v) is 19.0. The highest BCUT2D eigenvalue weighted by molar-refractivity contribution is 5.02. The Kier molecular flexibility index (Phi) is 9.90. The Hall–Kier alpha value is 0. The summed E-state index contributed by atoms with van der Waals surface area (Å²) >= 11 is 0. The Morgan fingerprint density at radius 2 is 1.00 bits per heavy atom. The van der Waals surface area contributed by atoms with Crippen molar-refractivity contribution in [1.82, 2.24) is 0 Å². The van der Waals surface area contributed by atoms with E-state index in [4.69, 9.17) is 0 Å². The molecule has 0 N–H and O–H groups in total. The van der Waals surface area contributed by atoms with E-state index in [9.17, 15) is 0 Å². The first-order valence-corrected chi connectivity index (χ1v) is 20.1. The Balaban J connectivity index is 0.892. The first-order valence-electron chi connectivity index (χ1n) is 20.1. The van der Waals surface area contributed by atoms with Gasteiger partial charge in [0, 0.05) is 0 Å². The van der Waals surface area contributed by atoms with E-state index in [0.29, 0.717) is 5.41 Å². The van der Waals surface area contributed by atoms with Crippen LogP contribution in [0.25, 0.3) is 0 Å². The number of hydrogen-bond acceptors (Lipinski definition) is 0. The summed E-state index contributed by atoms with van der Waals surface area (Å²) in [5, 5.41) is 0. The molecule has 0 amide bonds.